The van der Waals surface area contributed by atoms with Gasteiger partial charge in [0.15, 0.2) is 0 Å². The van der Waals surface area contributed by atoms with Gasteiger partial charge in [0.1, 0.15) is 0 Å². The van der Waals surface area contributed by atoms with Crippen molar-refractivity contribution in [2.24, 2.45) is 35.5 Å². The van der Waals surface area contributed by atoms with E-state index in [9.17, 15) is 18.0 Å². The fraction of sp³-hybridized carbons (Fsp3) is 0.525. The van der Waals surface area contributed by atoms with Crippen LogP contribution >= 0.6 is 7.92 Å². The van der Waals surface area contributed by atoms with E-state index in [1.54, 1.807) is 12.1 Å². The lowest BCUT2D eigenvalue weighted by molar-refractivity contribution is -0.137. The predicted molar refractivity (Wildman–Crippen MR) is 184 cm³/mol. The van der Waals surface area contributed by atoms with Gasteiger partial charge in [-0.3, -0.25) is 0 Å². The number of anilines is 2. The summed E-state index contributed by atoms with van der Waals surface area (Å²) in [5.41, 5.74) is 2.80. The average molecular weight is 657 g/mol. The highest BCUT2D eigenvalue weighted by Gasteiger charge is 2.63. The van der Waals surface area contributed by atoms with E-state index in [2.05, 4.69) is 10.6 Å². The number of nitrogens with one attached hydrogen (secondary N) is 2. The maximum absolute atomic E-state index is 14.6. The summed E-state index contributed by atoms with van der Waals surface area (Å²) in [7, 11) is -0.841. The van der Waals surface area contributed by atoms with Crippen LogP contribution in [0.5, 0.6) is 0 Å². The second kappa shape index (κ2) is 11.1. The second-order valence-corrected chi connectivity index (χ2v) is 19.4. The average Bonchev–Trinajstić information content (AvgIpc) is 3.00. The standard InChI is InChI=1S/C40H44F3N2OP/c41-40(42,43)32-8-11-35(31-6-9-34(10-7-31)45-37(46)44-33-4-2-1-3-5-33)36(18-32)47(38-19-25-12-26(20-38)14-27(13-25)21-38)39-22-28-15-29(23-39)17-30(16-28)24-39/h1-11,18,25-30H,12-17,19-24H2,(H2,44,45,46). The number of benzene rings is 3. The van der Waals surface area contributed by atoms with Crippen LogP contribution in [0, 0.1) is 35.5 Å². The highest BCUT2D eigenvalue weighted by Crippen LogP contribution is 2.78. The Bertz CT molecular complexity index is 1550. The molecule has 0 aromatic heterocycles. The number of alkyl halides is 3. The highest BCUT2D eigenvalue weighted by atomic mass is 31.1. The molecule has 8 aliphatic carbocycles. The Balaban J connectivity index is 1.13. The summed E-state index contributed by atoms with van der Waals surface area (Å²) in [6.07, 6.45) is 11.0. The van der Waals surface area contributed by atoms with Crippen LogP contribution < -0.4 is 15.9 Å². The molecule has 0 atom stereocenters. The zero-order valence-electron chi connectivity index (χ0n) is 26.9. The smallest absolute Gasteiger partial charge is 0.308 e. The van der Waals surface area contributed by atoms with E-state index in [4.69, 9.17) is 0 Å². The number of urea groups is 1. The van der Waals surface area contributed by atoms with Crippen LogP contribution in [0.3, 0.4) is 0 Å². The van der Waals surface area contributed by atoms with Crippen molar-refractivity contribution in [3.05, 3.63) is 78.4 Å². The number of carbonyl (C=O) groups excluding carboxylic acids is 1. The minimum absolute atomic E-state index is 0.158. The zero-order valence-corrected chi connectivity index (χ0v) is 27.8. The molecule has 0 radical (unpaired) electrons. The number of amides is 2. The van der Waals surface area contributed by atoms with E-state index < -0.39 is 19.7 Å². The van der Waals surface area contributed by atoms with Gasteiger partial charge in [-0.2, -0.15) is 13.2 Å². The van der Waals surface area contributed by atoms with Crippen molar-refractivity contribution in [1.82, 2.24) is 0 Å². The summed E-state index contributed by atoms with van der Waals surface area (Å²) in [6, 6.07) is 21.5. The van der Waals surface area contributed by atoms with Crippen molar-refractivity contribution in [1.29, 1.82) is 0 Å². The third kappa shape index (κ3) is 5.42. The molecule has 3 aromatic carbocycles. The third-order valence-corrected chi connectivity index (χ3v) is 16.9. The fourth-order valence-electron chi connectivity index (χ4n) is 12.4. The van der Waals surface area contributed by atoms with Gasteiger partial charge in [0, 0.05) is 11.4 Å². The van der Waals surface area contributed by atoms with E-state index in [1.807, 2.05) is 54.6 Å². The molecule has 246 valence electrons. The number of hydrogen-bond acceptors (Lipinski definition) is 1. The Kier molecular flexibility index (Phi) is 7.13. The molecule has 8 fully saturated rings. The molecule has 47 heavy (non-hydrogen) atoms. The Labute approximate surface area is 277 Å². The third-order valence-electron chi connectivity index (χ3n) is 13.0. The first-order valence-electron chi connectivity index (χ1n) is 17.9. The van der Waals surface area contributed by atoms with Gasteiger partial charge in [0.2, 0.25) is 0 Å². The summed E-state index contributed by atoms with van der Waals surface area (Å²) in [4.78, 5) is 12.7. The second-order valence-electron chi connectivity index (χ2n) is 16.4. The maximum Gasteiger partial charge on any atom is 0.416 e. The minimum Gasteiger partial charge on any atom is -0.308 e. The van der Waals surface area contributed by atoms with E-state index in [-0.39, 0.29) is 16.3 Å². The van der Waals surface area contributed by atoms with Crippen molar-refractivity contribution in [2.45, 2.75) is 93.5 Å². The van der Waals surface area contributed by atoms with Crippen LogP contribution in [0.1, 0.15) is 82.6 Å². The number of para-hydroxylation sites is 1. The largest absolute Gasteiger partial charge is 0.416 e. The van der Waals surface area contributed by atoms with Crippen molar-refractivity contribution in [2.75, 3.05) is 10.6 Å². The number of rotatable bonds is 6. The maximum atomic E-state index is 14.6. The molecule has 8 saturated carbocycles. The molecule has 3 nitrogen and oxygen atoms in total. The molecule has 8 aliphatic rings. The molecular weight excluding hydrogens is 612 g/mol. The van der Waals surface area contributed by atoms with Gasteiger partial charge in [-0.15, -0.1) is 0 Å². The van der Waals surface area contributed by atoms with Crippen molar-refractivity contribution in [3.8, 4) is 11.1 Å². The van der Waals surface area contributed by atoms with Crippen LogP contribution in [0.2, 0.25) is 0 Å². The molecule has 0 spiro atoms. The summed E-state index contributed by atoms with van der Waals surface area (Å²) in [5, 5.41) is 7.12. The van der Waals surface area contributed by atoms with Crippen molar-refractivity contribution >= 4 is 30.6 Å². The zero-order chi connectivity index (χ0) is 32.0. The van der Waals surface area contributed by atoms with Gasteiger partial charge in [0.05, 0.1) is 5.56 Å². The van der Waals surface area contributed by atoms with E-state index in [1.165, 1.54) is 83.1 Å². The topological polar surface area (TPSA) is 41.1 Å². The van der Waals surface area contributed by atoms with Gasteiger partial charge < -0.3 is 10.6 Å². The van der Waals surface area contributed by atoms with Crippen LogP contribution in [0.4, 0.5) is 29.3 Å². The molecule has 3 aromatic rings. The quantitative estimate of drug-likeness (QED) is 0.255. The van der Waals surface area contributed by atoms with E-state index >= 15 is 0 Å². The normalized spacial score (nSPS) is 35.6. The lowest BCUT2D eigenvalue weighted by atomic mass is 9.55. The van der Waals surface area contributed by atoms with Gasteiger partial charge in [-0.05, 0) is 176 Å². The van der Waals surface area contributed by atoms with E-state index in [0.29, 0.717) is 11.4 Å². The lowest BCUT2D eigenvalue weighted by Crippen LogP contribution is -2.58. The number of halogens is 3. The van der Waals surface area contributed by atoms with Gasteiger partial charge in [-0.1, -0.05) is 44.3 Å². The van der Waals surface area contributed by atoms with Gasteiger partial charge in [-0.25, -0.2) is 4.79 Å². The van der Waals surface area contributed by atoms with Gasteiger partial charge in [0.25, 0.3) is 0 Å². The first-order valence-corrected chi connectivity index (χ1v) is 19.2. The molecule has 0 aliphatic heterocycles. The number of hydrogen-bond donors (Lipinski definition) is 2. The molecule has 11 rings (SSSR count). The molecule has 0 saturated heterocycles. The summed E-state index contributed by atoms with van der Waals surface area (Å²) in [6.45, 7) is 0. The monoisotopic (exact) mass is 656 g/mol. The first-order chi connectivity index (χ1) is 22.6. The van der Waals surface area contributed by atoms with Crippen molar-refractivity contribution < 1.29 is 18.0 Å². The molecule has 0 unspecified atom stereocenters. The van der Waals surface area contributed by atoms with Crippen LogP contribution in [0.25, 0.3) is 11.1 Å². The summed E-state index contributed by atoms with van der Waals surface area (Å²) < 4.78 is 43.7. The Morgan fingerprint density at radius 3 is 1.51 bits per heavy atom. The Morgan fingerprint density at radius 2 is 1.06 bits per heavy atom. The summed E-state index contributed by atoms with van der Waals surface area (Å²) >= 11 is 0. The minimum atomic E-state index is -4.38. The van der Waals surface area contributed by atoms with Crippen LogP contribution in [0.15, 0.2) is 72.8 Å². The highest BCUT2D eigenvalue weighted by molar-refractivity contribution is 7.69. The SMILES string of the molecule is O=C(Nc1ccccc1)Nc1ccc(-c2ccc(C(F)(F)F)cc2P(C23CC4CC(CC(C4)C2)C3)C23CC4CC(CC(C4)C2)C3)cc1. The predicted octanol–water partition coefficient (Wildman–Crippen LogP) is 11.1. The molecule has 8 bridgehead atoms. The van der Waals surface area contributed by atoms with Gasteiger partial charge >= 0.3 is 12.2 Å². The summed E-state index contributed by atoms with van der Waals surface area (Å²) in [5.74, 6) is 4.51. The fourth-order valence-corrected chi connectivity index (χ4v) is 17.8. The van der Waals surface area contributed by atoms with Crippen LogP contribution in [-0.2, 0) is 6.18 Å². The molecule has 2 N–H and O–H groups in total. The van der Waals surface area contributed by atoms with Crippen molar-refractivity contribution in [3.63, 3.8) is 0 Å². The molecular formula is C40H44F3N2OP. The first kappa shape index (κ1) is 30.2. The Hall–Kier alpha value is -2.85. The molecule has 0 heterocycles. The van der Waals surface area contributed by atoms with Crippen LogP contribution in [-0.4, -0.2) is 16.3 Å². The molecule has 7 heteroatoms. The Morgan fingerprint density at radius 1 is 0.617 bits per heavy atom. The van der Waals surface area contributed by atoms with E-state index in [0.717, 1.165) is 51.9 Å². The number of carbonyl (C=O) groups is 1. The molecule has 2 amide bonds. The lowest BCUT2D eigenvalue weighted by Gasteiger charge is -2.67.